The molecule has 0 radical (unpaired) electrons. The zero-order valence-corrected chi connectivity index (χ0v) is 13.9. The zero-order valence-electron chi connectivity index (χ0n) is 12.2. The van der Waals surface area contributed by atoms with E-state index in [2.05, 4.69) is 15.5 Å². The monoisotopic (exact) mass is 326 g/mol. The molecule has 2 heterocycles. The fourth-order valence-corrected chi connectivity index (χ4v) is 3.91. The number of aromatic nitrogens is 2. The summed E-state index contributed by atoms with van der Waals surface area (Å²) < 4.78 is 5.06. The molecule has 0 saturated heterocycles. The van der Waals surface area contributed by atoms with Gasteiger partial charge in [-0.25, -0.2) is 0 Å². The van der Waals surface area contributed by atoms with E-state index in [1.807, 2.05) is 13.2 Å². The lowest BCUT2D eigenvalue weighted by molar-refractivity contribution is 0.0992. The number of carbonyl (C=O) groups is 1. The second kappa shape index (κ2) is 6.95. The first kappa shape index (κ1) is 15.8. The van der Waals surface area contributed by atoms with Gasteiger partial charge in [0, 0.05) is 19.4 Å². The lowest BCUT2D eigenvalue weighted by atomic mass is 10.2. The van der Waals surface area contributed by atoms with Gasteiger partial charge in [0.05, 0.1) is 15.5 Å². The molecule has 0 bridgehead atoms. The molecule has 0 unspecified atom stereocenters. The molecule has 0 aromatic carbocycles. The molecule has 0 aliphatic carbocycles. The molecule has 0 aliphatic rings. The lowest BCUT2D eigenvalue weighted by Gasteiger charge is -2.04. The number of nitrogens with zero attached hydrogens (tertiary/aromatic N) is 2. The molecule has 0 aliphatic heterocycles. The highest BCUT2D eigenvalue weighted by molar-refractivity contribution is 7.99. The van der Waals surface area contributed by atoms with Gasteiger partial charge < -0.3 is 15.6 Å². The number of thiophene rings is 1. The first-order valence-corrected chi connectivity index (χ1v) is 8.63. The van der Waals surface area contributed by atoms with Gasteiger partial charge in [-0.15, -0.1) is 23.1 Å². The smallest absolute Gasteiger partial charge is 0.228 e. The number of rotatable bonds is 7. The van der Waals surface area contributed by atoms with E-state index < -0.39 is 0 Å². The number of thioether (sulfide) groups is 1. The van der Waals surface area contributed by atoms with Gasteiger partial charge in [0.25, 0.3) is 0 Å². The summed E-state index contributed by atoms with van der Waals surface area (Å²) in [4.78, 5) is 17.6. The van der Waals surface area contributed by atoms with Crippen molar-refractivity contribution in [1.29, 1.82) is 0 Å². The molecule has 0 fully saturated rings. The van der Waals surface area contributed by atoms with E-state index in [0.717, 1.165) is 9.90 Å². The second-order valence-corrected chi connectivity index (χ2v) is 6.23. The summed E-state index contributed by atoms with van der Waals surface area (Å²) in [5, 5.41) is 7.97. The molecule has 0 atom stereocenters. The van der Waals surface area contributed by atoms with Crippen molar-refractivity contribution in [1.82, 2.24) is 10.1 Å². The van der Waals surface area contributed by atoms with Gasteiger partial charge in [-0.3, -0.25) is 4.79 Å². The van der Waals surface area contributed by atoms with E-state index in [9.17, 15) is 4.79 Å². The number of nitrogen functional groups attached to an aromatic ring is 1. The molecule has 8 heteroatoms. The molecule has 2 rings (SSSR count). The summed E-state index contributed by atoms with van der Waals surface area (Å²) in [7, 11) is 0. The minimum Gasteiger partial charge on any atom is -0.396 e. The number of aryl methyl sites for hydroxylation is 1. The highest BCUT2D eigenvalue weighted by Gasteiger charge is 2.19. The number of nitrogens with one attached hydrogen (secondary N) is 1. The third kappa shape index (κ3) is 3.56. The number of carbonyl (C=O) groups excluding carboxylic acids is 1. The lowest BCUT2D eigenvalue weighted by Crippen LogP contribution is -2.04. The molecular formula is C13H18N4O2S2. The van der Waals surface area contributed by atoms with Crippen LogP contribution in [0.5, 0.6) is 0 Å². The fraction of sp³-hybridized carbons (Fsp3) is 0.462. The van der Waals surface area contributed by atoms with Crippen LogP contribution in [-0.2, 0) is 6.42 Å². The third-order valence-corrected chi connectivity index (χ3v) is 5.04. The summed E-state index contributed by atoms with van der Waals surface area (Å²) in [5.74, 6) is 1.31. The third-order valence-electron chi connectivity index (χ3n) is 2.87. The summed E-state index contributed by atoms with van der Waals surface area (Å²) in [6.07, 6.45) is 3.04. The van der Waals surface area contributed by atoms with E-state index >= 15 is 0 Å². The molecule has 0 saturated carbocycles. The Hall–Kier alpha value is -1.54. The normalized spacial score (nSPS) is 10.8. The Morgan fingerprint density at radius 1 is 1.52 bits per heavy atom. The number of hydrogen-bond donors (Lipinski definition) is 2. The van der Waals surface area contributed by atoms with Crippen LogP contribution in [0, 0.1) is 6.92 Å². The summed E-state index contributed by atoms with van der Waals surface area (Å²) >= 11 is 2.95. The molecule has 0 spiro atoms. The molecule has 6 nitrogen and oxygen atoms in total. The van der Waals surface area contributed by atoms with E-state index in [1.54, 1.807) is 18.7 Å². The van der Waals surface area contributed by atoms with Gasteiger partial charge in [-0.2, -0.15) is 4.98 Å². The van der Waals surface area contributed by atoms with Crippen LogP contribution in [0.2, 0.25) is 0 Å². The Balaban J connectivity index is 2.07. The quantitative estimate of drug-likeness (QED) is 0.596. The number of ketones is 1. The molecule has 0 amide bonds. The van der Waals surface area contributed by atoms with Crippen molar-refractivity contribution < 1.29 is 9.32 Å². The fourth-order valence-electron chi connectivity index (χ4n) is 1.84. The number of anilines is 2. The van der Waals surface area contributed by atoms with Crippen molar-refractivity contribution in [3.63, 3.8) is 0 Å². The highest BCUT2D eigenvalue weighted by Crippen LogP contribution is 2.42. The average Bonchev–Trinajstić information content (AvgIpc) is 3.02. The second-order valence-electron chi connectivity index (χ2n) is 4.40. The number of hydrogen-bond acceptors (Lipinski definition) is 8. The van der Waals surface area contributed by atoms with Crippen molar-refractivity contribution in [2.24, 2.45) is 0 Å². The van der Waals surface area contributed by atoms with Crippen molar-refractivity contribution in [2.45, 2.75) is 31.6 Å². The molecule has 21 heavy (non-hydrogen) atoms. The Bertz CT molecular complexity index is 636. The van der Waals surface area contributed by atoms with Crippen LogP contribution < -0.4 is 11.1 Å². The molecule has 2 aromatic rings. The maximum Gasteiger partial charge on any atom is 0.228 e. The van der Waals surface area contributed by atoms with E-state index in [4.69, 9.17) is 10.3 Å². The van der Waals surface area contributed by atoms with Gasteiger partial charge >= 0.3 is 0 Å². The first-order chi connectivity index (χ1) is 10.1. The maximum absolute atomic E-state index is 11.9. The van der Waals surface area contributed by atoms with Crippen LogP contribution in [-0.4, -0.2) is 28.7 Å². The minimum atomic E-state index is 0.0772. The maximum atomic E-state index is 11.9. The van der Waals surface area contributed by atoms with Crippen LogP contribution in [0.3, 0.4) is 0 Å². The van der Waals surface area contributed by atoms with Crippen LogP contribution in [0.25, 0.3) is 0 Å². The molecule has 114 valence electrons. The Morgan fingerprint density at radius 2 is 2.29 bits per heavy atom. The zero-order chi connectivity index (χ0) is 15.4. The predicted octanol–water partition coefficient (Wildman–Crippen LogP) is 2.99. The van der Waals surface area contributed by atoms with Crippen molar-refractivity contribution in [3.8, 4) is 0 Å². The van der Waals surface area contributed by atoms with Gasteiger partial charge in [-0.1, -0.05) is 12.1 Å². The van der Waals surface area contributed by atoms with E-state index in [1.165, 1.54) is 11.3 Å². The Morgan fingerprint density at radius 3 is 2.86 bits per heavy atom. The van der Waals surface area contributed by atoms with Gasteiger partial charge in [0.2, 0.25) is 5.89 Å². The van der Waals surface area contributed by atoms with Gasteiger partial charge in [-0.05, 0) is 13.2 Å². The number of Topliss-reactive ketones (excluding diaryl/α,β-unsaturated/α-hetero) is 1. The summed E-state index contributed by atoms with van der Waals surface area (Å²) in [6, 6.07) is 0. The summed E-state index contributed by atoms with van der Waals surface area (Å²) in [5.41, 5.74) is 6.64. The molecule has 2 aromatic heterocycles. The van der Waals surface area contributed by atoms with Crippen molar-refractivity contribution in [3.05, 3.63) is 16.6 Å². The largest absolute Gasteiger partial charge is 0.396 e. The van der Waals surface area contributed by atoms with Crippen molar-refractivity contribution in [2.75, 3.05) is 23.9 Å². The SMILES string of the molecule is CCC(=O)c1sc(NCCc2nc(C)no2)c(SC)c1N. The van der Waals surface area contributed by atoms with Crippen LogP contribution in [0.4, 0.5) is 10.7 Å². The van der Waals surface area contributed by atoms with Crippen LogP contribution >= 0.6 is 23.1 Å². The number of nitrogens with two attached hydrogens (primary N) is 1. The van der Waals surface area contributed by atoms with Crippen molar-refractivity contribution >= 4 is 39.6 Å². The van der Waals surface area contributed by atoms with Gasteiger partial charge in [0.15, 0.2) is 11.6 Å². The molecule has 3 N–H and O–H groups in total. The highest BCUT2D eigenvalue weighted by atomic mass is 32.2. The van der Waals surface area contributed by atoms with E-state index in [-0.39, 0.29) is 5.78 Å². The Labute approximate surface area is 131 Å². The first-order valence-electron chi connectivity index (χ1n) is 6.59. The van der Waals surface area contributed by atoms with Gasteiger partial charge in [0.1, 0.15) is 5.00 Å². The minimum absolute atomic E-state index is 0.0772. The molecular weight excluding hydrogens is 308 g/mol. The summed E-state index contributed by atoms with van der Waals surface area (Å²) in [6.45, 7) is 4.27. The van der Waals surface area contributed by atoms with E-state index in [0.29, 0.717) is 41.7 Å². The predicted molar refractivity (Wildman–Crippen MR) is 86.4 cm³/mol. The Kier molecular flexibility index (Phi) is 5.24. The van der Waals surface area contributed by atoms with Crippen LogP contribution in [0.15, 0.2) is 9.42 Å². The topological polar surface area (TPSA) is 94.0 Å². The average molecular weight is 326 g/mol. The standard InChI is InChI=1S/C13H18N4O2S2/c1-4-8(18)11-10(14)12(20-3)13(21-11)15-6-5-9-16-7(2)17-19-9/h15H,4-6,14H2,1-3H3. The van der Waals surface area contributed by atoms with Crippen LogP contribution in [0.1, 0.15) is 34.7 Å².